The summed E-state index contributed by atoms with van der Waals surface area (Å²) >= 11 is 8.12. The average molecular weight is 492 g/mol. The standard InChI is InChI=1S/C26H25N3OS3/c1-15-10-22-24(17(3)27-15)25(23-6-5-9-32-23)28-29(22)13-18-7-8-20(19(12-18)14-30-4)21-11-16(2)33-26(21)31/h5-12,31H,13-14H2,1-4H3. The summed E-state index contributed by atoms with van der Waals surface area (Å²) in [7, 11) is 1.74. The van der Waals surface area contributed by atoms with E-state index in [2.05, 4.69) is 66.4 Å². The van der Waals surface area contributed by atoms with Crippen LogP contribution in [-0.4, -0.2) is 21.9 Å². The van der Waals surface area contributed by atoms with Crippen molar-refractivity contribution in [2.45, 2.75) is 38.1 Å². The molecule has 0 saturated carbocycles. The highest BCUT2D eigenvalue weighted by atomic mass is 32.2. The molecule has 4 nitrogen and oxygen atoms in total. The summed E-state index contributed by atoms with van der Waals surface area (Å²) in [5, 5.41) is 8.27. The van der Waals surface area contributed by atoms with Gasteiger partial charge in [-0.3, -0.25) is 9.67 Å². The quantitative estimate of drug-likeness (QED) is 0.253. The molecule has 0 aliphatic carbocycles. The van der Waals surface area contributed by atoms with Crippen LogP contribution in [0.5, 0.6) is 0 Å². The van der Waals surface area contributed by atoms with Crippen molar-refractivity contribution in [3.05, 3.63) is 75.2 Å². The zero-order valence-electron chi connectivity index (χ0n) is 19.0. The second-order valence-corrected chi connectivity index (χ2v) is 11.2. The van der Waals surface area contributed by atoms with Crippen LogP contribution in [0.25, 0.3) is 32.6 Å². The Morgan fingerprint density at radius 3 is 2.61 bits per heavy atom. The van der Waals surface area contributed by atoms with Gasteiger partial charge in [0.1, 0.15) is 5.69 Å². The first-order valence-corrected chi connectivity index (χ1v) is 12.9. The second kappa shape index (κ2) is 9.06. The van der Waals surface area contributed by atoms with Crippen LogP contribution in [0.1, 0.15) is 27.4 Å². The van der Waals surface area contributed by atoms with E-state index in [9.17, 15) is 0 Å². The van der Waals surface area contributed by atoms with Crippen LogP contribution in [-0.2, 0) is 17.9 Å². The zero-order chi connectivity index (χ0) is 23.1. The maximum absolute atomic E-state index is 5.55. The molecule has 7 heteroatoms. The minimum Gasteiger partial charge on any atom is -0.380 e. The molecule has 4 heterocycles. The van der Waals surface area contributed by atoms with E-state index in [1.165, 1.54) is 21.6 Å². The summed E-state index contributed by atoms with van der Waals surface area (Å²) in [6, 6.07) is 15.1. The number of nitrogens with zero attached hydrogens (tertiary/aromatic N) is 3. The van der Waals surface area contributed by atoms with E-state index in [1.54, 1.807) is 29.8 Å². The van der Waals surface area contributed by atoms with Crippen LogP contribution in [0, 0.1) is 20.8 Å². The number of hydrogen-bond donors (Lipinski definition) is 1. The Morgan fingerprint density at radius 2 is 1.91 bits per heavy atom. The number of ether oxygens (including phenoxy) is 1. The molecule has 5 aromatic rings. The molecule has 0 unspecified atom stereocenters. The number of aryl methyl sites for hydroxylation is 3. The minimum atomic E-state index is 0.549. The van der Waals surface area contributed by atoms with Crippen molar-refractivity contribution in [3.63, 3.8) is 0 Å². The van der Waals surface area contributed by atoms with E-state index in [4.69, 9.17) is 27.4 Å². The predicted molar refractivity (Wildman–Crippen MR) is 142 cm³/mol. The van der Waals surface area contributed by atoms with Gasteiger partial charge in [-0.05, 0) is 61.0 Å². The van der Waals surface area contributed by atoms with Crippen molar-refractivity contribution in [2.75, 3.05) is 7.11 Å². The van der Waals surface area contributed by atoms with Gasteiger partial charge in [-0.15, -0.1) is 35.3 Å². The molecule has 0 amide bonds. The lowest BCUT2D eigenvalue weighted by molar-refractivity contribution is 0.185. The number of thiophene rings is 2. The summed E-state index contributed by atoms with van der Waals surface area (Å²) in [5.41, 5.74) is 8.84. The molecule has 168 valence electrons. The monoisotopic (exact) mass is 491 g/mol. The highest BCUT2D eigenvalue weighted by Gasteiger charge is 2.18. The largest absolute Gasteiger partial charge is 0.380 e. The van der Waals surface area contributed by atoms with Crippen molar-refractivity contribution in [1.82, 2.24) is 14.8 Å². The number of thiol groups is 1. The molecule has 0 spiro atoms. The van der Waals surface area contributed by atoms with E-state index in [-0.39, 0.29) is 0 Å². The van der Waals surface area contributed by atoms with Crippen LogP contribution < -0.4 is 0 Å². The lowest BCUT2D eigenvalue weighted by atomic mass is 9.99. The third kappa shape index (κ3) is 4.26. The third-order valence-electron chi connectivity index (χ3n) is 5.73. The van der Waals surface area contributed by atoms with Crippen LogP contribution in [0.2, 0.25) is 0 Å². The fourth-order valence-corrected chi connectivity index (χ4v) is 6.48. The molecular weight excluding hydrogens is 467 g/mol. The molecule has 1 aromatic carbocycles. The van der Waals surface area contributed by atoms with E-state index >= 15 is 0 Å². The Bertz CT molecular complexity index is 1450. The Hall–Kier alpha value is -2.45. The first-order valence-electron chi connectivity index (χ1n) is 10.7. The zero-order valence-corrected chi connectivity index (χ0v) is 21.6. The van der Waals surface area contributed by atoms with Crippen molar-refractivity contribution < 1.29 is 4.74 Å². The first kappa shape index (κ1) is 22.3. The lowest BCUT2D eigenvalue weighted by Crippen LogP contribution is -2.04. The second-order valence-electron chi connectivity index (χ2n) is 8.23. The number of methoxy groups -OCH3 is 1. The summed E-state index contributed by atoms with van der Waals surface area (Å²) in [6.07, 6.45) is 0. The topological polar surface area (TPSA) is 39.9 Å². The molecule has 0 N–H and O–H groups in total. The van der Waals surface area contributed by atoms with E-state index in [0.717, 1.165) is 42.6 Å². The van der Waals surface area contributed by atoms with Crippen LogP contribution in [0.3, 0.4) is 0 Å². The van der Waals surface area contributed by atoms with Gasteiger partial charge in [0, 0.05) is 28.9 Å². The summed E-state index contributed by atoms with van der Waals surface area (Å²) in [4.78, 5) is 7.13. The Kier molecular flexibility index (Phi) is 6.14. The predicted octanol–water partition coefficient (Wildman–Crippen LogP) is 7.30. The summed E-state index contributed by atoms with van der Waals surface area (Å²) in [5.74, 6) is 0. The van der Waals surface area contributed by atoms with Crippen LogP contribution in [0.4, 0.5) is 0 Å². The maximum atomic E-state index is 5.55. The SMILES string of the molecule is COCc1cc(Cn2nc(-c3cccs3)c3c(C)nc(C)cc32)ccc1-c1cc(C)sc1S. The number of fused-ring (bicyclic) bond motifs is 1. The summed E-state index contributed by atoms with van der Waals surface area (Å²) in [6.45, 7) is 7.46. The Labute approximate surface area is 207 Å². The van der Waals surface area contributed by atoms with Gasteiger partial charge >= 0.3 is 0 Å². The summed E-state index contributed by atoms with van der Waals surface area (Å²) < 4.78 is 8.69. The molecule has 0 bridgehead atoms. The highest BCUT2D eigenvalue weighted by molar-refractivity contribution is 7.83. The van der Waals surface area contributed by atoms with Gasteiger partial charge in [-0.2, -0.15) is 5.10 Å². The number of hydrogen-bond acceptors (Lipinski definition) is 6. The van der Waals surface area contributed by atoms with E-state index < -0.39 is 0 Å². The molecule has 4 aromatic heterocycles. The normalized spacial score (nSPS) is 11.5. The van der Waals surface area contributed by atoms with Gasteiger partial charge in [0.25, 0.3) is 0 Å². The molecule has 5 rings (SSSR count). The van der Waals surface area contributed by atoms with Crippen molar-refractivity contribution in [1.29, 1.82) is 0 Å². The smallest absolute Gasteiger partial charge is 0.112 e. The molecule has 0 fully saturated rings. The van der Waals surface area contributed by atoms with Crippen molar-refractivity contribution >= 4 is 46.2 Å². The molecule has 0 aliphatic heterocycles. The van der Waals surface area contributed by atoms with Gasteiger partial charge in [0.2, 0.25) is 0 Å². The first-order chi connectivity index (χ1) is 15.9. The fraction of sp³-hybridized carbons (Fsp3) is 0.231. The number of rotatable bonds is 6. The molecule has 0 aliphatic rings. The number of aromatic nitrogens is 3. The lowest BCUT2D eigenvalue weighted by Gasteiger charge is -2.12. The van der Waals surface area contributed by atoms with Crippen LogP contribution >= 0.6 is 35.3 Å². The van der Waals surface area contributed by atoms with Gasteiger partial charge in [-0.25, -0.2) is 0 Å². The molecule has 0 saturated heterocycles. The molecule has 0 atom stereocenters. The molecule has 33 heavy (non-hydrogen) atoms. The Balaban J connectivity index is 1.60. The van der Waals surface area contributed by atoms with Crippen LogP contribution in [0.15, 0.2) is 52.1 Å². The van der Waals surface area contributed by atoms with Gasteiger partial charge in [0.15, 0.2) is 0 Å². The van der Waals surface area contributed by atoms with Gasteiger partial charge < -0.3 is 4.74 Å². The maximum Gasteiger partial charge on any atom is 0.112 e. The molecule has 0 radical (unpaired) electrons. The van der Waals surface area contributed by atoms with Crippen molar-refractivity contribution in [3.8, 4) is 21.7 Å². The minimum absolute atomic E-state index is 0.549. The fourth-order valence-electron chi connectivity index (χ4n) is 4.39. The van der Waals surface area contributed by atoms with Gasteiger partial charge in [0.05, 0.1) is 33.1 Å². The van der Waals surface area contributed by atoms with E-state index in [0.29, 0.717) is 13.2 Å². The number of pyridine rings is 1. The number of benzene rings is 1. The van der Waals surface area contributed by atoms with E-state index in [1.807, 2.05) is 6.92 Å². The Morgan fingerprint density at radius 1 is 1.06 bits per heavy atom. The molecular formula is C26H25N3OS3. The average Bonchev–Trinajstić information content (AvgIpc) is 3.48. The van der Waals surface area contributed by atoms with Gasteiger partial charge in [-0.1, -0.05) is 24.3 Å². The highest BCUT2D eigenvalue weighted by Crippen LogP contribution is 2.37. The third-order valence-corrected chi connectivity index (χ3v) is 7.97. The van der Waals surface area contributed by atoms with Crippen molar-refractivity contribution in [2.24, 2.45) is 0 Å².